The fourth-order valence-electron chi connectivity index (χ4n) is 0.658. The third kappa shape index (κ3) is 3.13. The monoisotopic (exact) mass is 217 g/mol. The Hall–Kier alpha value is -0.850. The Balaban J connectivity index is 4.33. The van der Waals surface area contributed by atoms with Gasteiger partial charge in [0.15, 0.2) is 0 Å². The molecule has 0 aliphatic carbocycles. The normalized spacial score (nSPS) is 14.2. The molecule has 0 bridgehead atoms. The van der Waals surface area contributed by atoms with E-state index in [4.69, 9.17) is 5.11 Å². The van der Waals surface area contributed by atoms with Gasteiger partial charge >= 0.3 is 12.3 Å². The molecule has 3 nitrogen and oxygen atoms in total. The molecule has 0 aromatic rings. The third-order valence-corrected chi connectivity index (χ3v) is 1.63. The van der Waals surface area contributed by atoms with Gasteiger partial charge in [0.1, 0.15) is 0 Å². The van der Waals surface area contributed by atoms with E-state index in [9.17, 15) is 22.4 Å². The molecule has 7 heteroatoms. The summed E-state index contributed by atoms with van der Waals surface area (Å²) in [4.78, 5) is 10.6. The van der Waals surface area contributed by atoms with Crippen LogP contribution in [0.15, 0.2) is 0 Å². The SMILES string of the molecule is CCC(CO)NC(=O)C(F)(F)C(F)F. The second-order valence-electron chi connectivity index (χ2n) is 2.68. The van der Waals surface area contributed by atoms with E-state index in [2.05, 4.69) is 0 Å². The lowest BCUT2D eigenvalue weighted by atomic mass is 10.2. The molecule has 0 aliphatic rings. The summed E-state index contributed by atoms with van der Waals surface area (Å²) in [5.41, 5.74) is 0. The molecular weight excluding hydrogens is 206 g/mol. The highest BCUT2D eigenvalue weighted by Gasteiger charge is 2.49. The van der Waals surface area contributed by atoms with Gasteiger partial charge in [0.05, 0.1) is 12.6 Å². The van der Waals surface area contributed by atoms with Crippen molar-refractivity contribution in [3.63, 3.8) is 0 Å². The molecule has 0 saturated carbocycles. The van der Waals surface area contributed by atoms with Crippen LogP contribution in [0.5, 0.6) is 0 Å². The van der Waals surface area contributed by atoms with Crippen molar-refractivity contribution in [3.05, 3.63) is 0 Å². The maximum Gasteiger partial charge on any atom is 0.383 e. The van der Waals surface area contributed by atoms with Crippen LogP contribution >= 0.6 is 0 Å². The van der Waals surface area contributed by atoms with E-state index >= 15 is 0 Å². The molecule has 0 aromatic heterocycles. The zero-order chi connectivity index (χ0) is 11.4. The summed E-state index contributed by atoms with van der Waals surface area (Å²) in [5, 5.41) is 10.2. The van der Waals surface area contributed by atoms with Crippen molar-refractivity contribution in [2.75, 3.05) is 6.61 Å². The number of amides is 1. The molecule has 0 rings (SSSR count). The maximum absolute atomic E-state index is 12.3. The molecule has 0 aromatic carbocycles. The Kier molecular flexibility index (Phi) is 4.82. The van der Waals surface area contributed by atoms with Gasteiger partial charge in [-0.3, -0.25) is 4.79 Å². The molecule has 0 aliphatic heterocycles. The van der Waals surface area contributed by atoms with Crippen LogP contribution in [-0.4, -0.2) is 36.0 Å². The third-order valence-electron chi connectivity index (χ3n) is 1.63. The molecular formula is C7H11F4NO2. The van der Waals surface area contributed by atoms with Crippen LogP contribution in [0, 0.1) is 0 Å². The number of rotatable bonds is 5. The predicted octanol–water partition coefficient (Wildman–Crippen LogP) is 0.774. The van der Waals surface area contributed by atoms with Crippen molar-refractivity contribution in [2.45, 2.75) is 31.7 Å². The lowest BCUT2D eigenvalue weighted by Gasteiger charge is -2.19. The highest BCUT2D eigenvalue weighted by molar-refractivity contribution is 5.84. The van der Waals surface area contributed by atoms with Crippen molar-refractivity contribution < 1.29 is 27.5 Å². The van der Waals surface area contributed by atoms with Crippen LogP contribution in [0.1, 0.15) is 13.3 Å². The highest BCUT2D eigenvalue weighted by atomic mass is 19.3. The number of hydrogen-bond acceptors (Lipinski definition) is 2. The molecule has 14 heavy (non-hydrogen) atoms. The Morgan fingerprint density at radius 1 is 1.50 bits per heavy atom. The fourth-order valence-corrected chi connectivity index (χ4v) is 0.658. The van der Waals surface area contributed by atoms with Gasteiger partial charge < -0.3 is 10.4 Å². The minimum atomic E-state index is -4.71. The van der Waals surface area contributed by atoms with Crippen molar-refractivity contribution in [1.82, 2.24) is 5.32 Å². The van der Waals surface area contributed by atoms with Gasteiger partial charge in [0.2, 0.25) is 0 Å². The quantitative estimate of drug-likeness (QED) is 0.668. The Morgan fingerprint density at radius 2 is 2.00 bits per heavy atom. The van der Waals surface area contributed by atoms with E-state index in [-0.39, 0.29) is 6.42 Å². The Labute approximate surface area is 78.1 Å². The largest absolute Gasteiger partial charge is 0.394 e. The standard InChI is InChI=1S/C7H11F4NO2/c1-2-4(3-13)12-6(14)7(10,11)5(8)9/h4-5,13H,2-3H2,1H3,(H,12,14). The van der Waals surface area contributed by atoms with Crippen LogP contribution in [0.25, 0.3) is 0 Å². The van der Waals surface area contributed by atoms with Crippen molar-refractivity contribution >= 4 is 5.91 Å². The number of aliphatic hydroxyl groups is 1. The number of carbonyl (C=O) groups excluding carboxylic acids is 1. The van der Waals surface area contributed by atoms with E-state index in [1.807, 2.05) is 0 Å². The van der Waals surface area contributed by atoms with Gasteiger partial charge in [-0.2, -0.15) is 8.78 Å². The molecule has 1 unspecified atom stereocenters. The summed E-state index contributed by atoms with van der Waals surface area (Å²) in [7, 11) is 0. The summed E-state index contributed by atoms with van der Waals surface area (Å²) in [6, 6.07) is -0.924. The topological polar surface area (TPSA) is 49.3 Å². The number of alkyl halides is 4. The fraction of sp³-hybridized carbons (Fsp3) is 0.857. The smallest absolute Gasteiger partial charge is 0.383 e. The van der Waals surface area contributed by atoms with E-state index in [1.165, 1.54) is 6.92 Å². The number of carbonyl (C=O) groups is 1. The van der Waals surface area contributed by atoms with Gasteiger partial charge in [0, 0.05) is 0 Å². The van der Waals surface area contributed by atoms with Crippen molar-refractivity contribution in [3.8, 4) is 0 Å². The second-order valence-corrected chi connectivity index (χ2v) is 2.68. The first-order valence-electron chi connectivity index (χ1n) is 3.94. The molecule has 84 valence electrons. The lowest BCUT2D eigenvalue weighted by Crippen LogP contribution is -2.49. The Morgan fingerprint density at radius 3 is 2.29 bits per heavy atom. The zero-order valence-corrected chi connectivity index (χ0v) is 7.44. The van der Waals surface area contributed by atoms with E-state index in [1.54, 1.807) is 5.32 Å². The van der Waals surface area contributed by atoms with Gasteiger partial charge in [-0.05, 0) is 6.42 Å². The van der Waals surface area contributed by atoms with Gasteiger partial charge in [-0.25, -0.2) is 8.78 Å². The molecule has 0 saturated heterocycles. The van der Waals surface area contributed by atoms with Gasteiger partial charge in [0.25, 0.3) is 5.91 Å². The van der Waals surface area contributed by atoms with Crippen LogP contribution in [0.2, 0.25) is 0 Å². The summed E-state index contributed by atoms with van der Waals surface area (Å²) in [6.45, 7) is 0.948. The molecule has 0 spiro atoms. The molecule has 0 fully saturated rings. The molecule has 1 atom stereocenters. The minimum absolute atomic E-state index is 0.182. The first-order valence-corrected chi connectivity index (χ1v) is 3.94. The summed E-state index contributed by atoms with van der Waals surface area (Å²) in [6.07, 6.45) is -3.86. The number of nitrogens with one attached hydrogen (secondary N) is 1. The predicted molar refractivity (Wildman–Crippen MR) is 40.3 cm³/mol. The Bertz CT molecular complexity index is 194. The number of aliphatic hydroxyl groups excluding tert-OH is 1. The first kappa shape index (κ1) is 13.2. The minimum Gasteiger partial charge on any atom is -0.394 e. The summed E-state index contributed by atoms with van der Waals surface area (Å²) >= 11 is 0. The average Bonchev–Trinajstić information content (AvgIpc) is 2.13. The molecule has 0 heterocycles. The van der Waals surface area contributed by atoms with E-state index < -0.39 is 30.9 Å². The lowest BCUT2D eigenvalue weighted by molar-refractivity contribution is -0.170. The summed E-state index contributed by atoms with van der Waals surface area (Å²) in [5.74, 6) is -6.77. The van der Waals surface area contributed by atoms with E-state index in [0.717, 1.165) is 0 Å². The van der Waals surface area contributed by atoms with Crippen molar-refractivity contribution in [1.29, 1.82) is 0 Å². The maximum atomic E-state index is 12.3. The molecule has 1 amide bonds. The van der Waals surface area contributed by atoms with Gasteiger partial charge in [-0.1, -0.05) is 6.92 Å². The van der Waals surface area contributed by atoms with Gasteiger partial charge in [-0.15, -0.1) is 0 Å². The molecule has 0 radical (unpaired) electrons. The summed E-state index contributed by atoms with van der Waals surface area (Å²) < 4.78 is 48.0. The highest BCUT2D eigenvalue weighted by Crippen LogP contribution is 2.22. The number of halogens is 4. The zero-order valence-electron chi connectivity index (χ0n) is 7.44. The average molecular weight is 217 g/mol. The first-order chi connectivity index (χ1) is 6.36. The molecule has 2 N–H and O–H groups in total. The van der Waals surface area contributed by atoms with Crippen LogP contribution < -0.4 is 5.32 Å². The van der Waals surface area contributed by atoms with Crippen LogP contribution in [0.4, 0.5) is 17.6 Å². The number of hydrogen-bond donors (Lipinski definition) is 2. The van der Waals surface area contributed by atoms with Crippen molar-refractivity contribution in [2.24, 2.45) is 0 Å². The van der Waals surface area contributed by atoms with Crippen LogP contribution in [-0.2, 0) is 4.79 Å². The van der Waals surface area contributed by atoms with Crippen LogP contribution in [0.3, 0.4) is 0 Å². The second kappa shape index (κ2) is 5.14. The van der Waals surface area contributed by atoms with E-state index in [0.29, 0.717) is 0 Å².